The van der Waals surface area contributed by atoms with E-state index >= 15 is 0 Å². The predicted molar refractivity (Wildman–Crippen MR) is 293 cm³/mol. The van der Waals surface area contributed by atoms with Crippen LogP contribution in [0, 0.1) is 0 Å². The number of hydrogen-bond acceptors (Lipinski definition) is 4. The zero-order chi connectivity index (χ0) is 46.1. The molecular weight excluding hydrogens is 849 g/mol. The van der Waals surface area contributed by atoms with Crippen LogP contribution in [0.4, 0.5) is 0 Å². The van der Waals surface area contributed by atoms with E-state index in [2.05, 4.69) is 243 Å². The fraction of sp³-hybridized carbons (Fsp3) is 0. The highest BCUT2D eigenvalue weighted by atomic mass is 14.9. The molecule has 0 saturated carbocycles. The van der Waals surface area contributed by atoms with E-state index in [1.54, 1.807) is 0 Å². The monoisotopic (exact) mass is 888 g/mol. The lowest BCUT2D eigenvalue weighted by molar-refractivity contribution is 1.23. The van der Waals surface area contributed by atoms with Gasteiger partial charge < -0.3 is 0 Å². The summed E-state index contributed by atoms with van der Waals surface area (Å²) in [5.41, 5.74) is 16.6. The molecule has 0 atom stereocenters. The van der Waals surface area contributed by atoms with Gasteiger partial charge in [-0.2, -0.15) is 0 Å². The molecule has 0 radical (unpaired) electrons. The van der Waals surface area contributed by atoms with Gasteiger partial charge in [0.25, 0.3) is 0 Å². The fourth-order valence-corrected chi connectivity index (χ4v) is 10.6. The number of hydrogen-bond donors (Lipinski definition) is 0. The first-order chi connectivity index (χ1) is 34.7. The van der Waals surface area contributed by atoms with Crippen molar-refractivity contribution < 1.29 is 0 Å². The summed E-state index contributed by atoms with van der Waals surface area (Å²) in [5.74, 6) is 0.661. The number of fused-ring (bicyclic) bond motifs is 7. The van der Waals surface area contributed by atoms with Gasteiger partial charge in [0, 0.05) is 54.7 Å². The van der Waals surface area contributed by atoms with Crippen LogP contribution in [0.25, 0.3) is 143 Å². The van der Waals surface area contributed by atoms with E-state index in [1.165, 1.54) is 32.7 Å². The lowest BCUT2D eigenvalue weighted by Crippen LogP contribution is -1.98. The maximum atomic E-state index is 5.58. The molecule has 0 aliphatic heterocycles. The molecule has 14 aromatic rings. The van der Waals surface area contributed by atoms with Crippen molar-refractivity contribution in [2.45, 2.75) is 0 Å². The zero-order valence-corrected chi connectivity index (χ0v) is 37.9. The molecule has 0 amide bonds. The first-order valence-corrected chi connectivity index (χ1v) is 23.8. The lowest BCUT2D eigenvalue weighted by atomic mass is 9.91. The van der Waals surface area contributed by atoms with Crippen LogP contribution in [0.3, 0.4) is 0 Å². The van der Waals surface area contributed by atoms with E-state index < -0.39 is 0 Å². The summed E-state index contributed by atoms with van der Waals surface area (Å²) in [6.45, 7) is 0. The van der Waals surface area contributed by atoms with Crippen LogP contribution in [0.2, 0.25) is 0 Å². The maximum Gasteiger partial charge on any atom is 0.160 e. The Morgan fingerprint density at radius 1 is 0.229 bits per heavy atom. The highest BCUT2D eigenvalue weighted by molar-refractivity contribution is 6.12. The van der Waals surface area contributed by atoms with Crippen LogP contribution in [-0.2, 0) is 0 Å². The molecule has 324 valence electrons. The van der Waals surface area contributed by atoms with Crippen molar-refractivity contribution in [1.29, 1.82) is 0 Å². The van der Waals surface area contributed by atoms with E-state index in [9.17, 15) is 0 Å². The molecule has 0 aliphatic carbocycles. The first kappa shape index (κ1) is 39.8. The Kier molecular flexibility index (Phi) is 9.17. The van der Waals surface area contributed by atoms with Crippen LogP contribution < -0.4 is 0 Å². The molecule has 3 heterocycles. The van der Waals surface area contributed by atoms with Crippen molar-refractivity contribution in [3.63, 3.8) is 0 Å². The summed E-state index contributed by atoms with van der Waals surface area (Å²) in [6.07, 6.45) is 0. The molecule has 3 aromatic heterocycles. The summed E-state index contributed by atoms with van der Waals surface area (Å²) < 4.78 is 0. The highest BCUT2D eigenvalue weighted by Crippen LogP contribution is 2.42. The number of nitrogens with zero attached hydrogens (tertiary/aromatic N) is 4. The predicted octanol–water partition coefficient (Wildman–Crippen LogP) is 17.3. The average molecular weight is 889 g/mol. The molecule has 4 heteroatoms. The molecule has 0 spiro atoms. The molecule has 0 N–H and O–H groups in total. The van der Waals surface area contributed by atoms with Gasteiger partial charge >= 0.3 is 0 Å². The van der Waals surface area contributed by atoms with Crippen molar-refractivity contribution in [3.05, 3.63) is 243 Å². The second kappa shape index (κ2) is 16.2. The van der Waals surface area contributed by atoms with Gasteiger partial charge in [0.1, 0.15) is 0 Å². The minimum atomic E-state index is 0.661. The Labute approximate surface area is 403 Å². The number of para-hydroxylation sites is 4. The standard InChI is InChI=1S/C66H40N4/c1-3-15-47-37-49(35-25-41(47)13-1)51-39-56(50-36-26-42-14-2-4-16-48(42)38-50)65-57(40-51)64(45-31-27-43(28-32-45)62-52-17-5-9-21-58(52)67-59-22-10-6-18-53(59)62)69-66(70-65)46-33-29-44(30-34-46)63-54-19-7-11-23-60(54)68-61-24-12-8-20-55(61)63/h1-40H. The fourth-order valence-electron chi connectivity index (χ4n) is 10.6. The molecule has 70 heavy (non-hydrogen) atoms. The van der Waals surface area contributed by atoms with E-state index in [4.69, 9.17) is 19.9 Å². The number of pyridine rings is 2. The minimum absolute atomic E-state index is 0.661. The smallest absolute Gasteiger partial charge is 0.160 e. The summed E-state index contributed by atoms with van der Waals surface area (Å²) in [6, 6.07) is 86.6. The third kappa shape index (κ3) is 6.69. The Balaban J connectivity index is 1.01. The number of aromatic nitrogens is 4. The van der Waals surface area contributed by atoms with Gasteiger partial charge in [0.2, 0.25) is 0 Å². The van der Waals surface area contributed by atoms with E-state index in [1.807, 2.05) is 0 Å². The van der Waals surface area contributed by atoms with Crippen molar-refractivity contribution >= 4 is 76.1 Å². The molecule has 0 unspecified atom stereocenters. The zero-order valence-electron chi connectivity index (χ0n) is 37.9. The molecule has 0 saturated heterocycles. The van der Waals surface area contributed by atoms with E-state index in [0.717, 1.165) is 105 Å². The van der Waals surface area contributed by atoms with Crippen molar-refractivity contribution in [2.24, 2.45) is 0 Å². The Morgan fingerprint density at radius 2 is 0.629 bits per heavy atom. The second-order valence-electron chi connectivity index (χ2n) is 18.1. The normalized spacial score (nSPS) is 11.7. The molecule has 14 rings (SSSR count). The number of benzene rings is 11. The van der Waals surface area contributed by atoms with Gasteiger partial charge in [-0.05, 0) is 97.9 Å². The summed E-state index contributed by atoms with van der Waals surface area (Å²) in [7, 11) is 0. The van der Waals surface area contributed by atoms with Gasteiger partial charge in [0.15, 0.2) is 5.82 Å². The quantitative estimate of drug-likeness (QED) is 0.156. The highest BCUT2D eigenvalue weighted by Gasteiger charge is 2.20. The molecule has 0 aliphatic rings. The third-order valence-electron chi connectivity index (χ3n) is 14.0. The molecule has 0 bridgehead atoms. The van der Waals surface area contributed by atoms with Crippen molar-refractivity contribution in [1.82, 2.24) is 19.9 Å². The molecule has 11 aromatic carbocycles. The largest absolute Gasteiger partial charge is 0.248 e. The van der Waals surface area contributed by atoms with Gasteiger partial charge in [-0.25, -0.2) is 19.9 Å². The molecular formula is C66H40N4. The number of rotatable bonds is 6. The average Bonchev–Trinajstić information content (AvgIpc) is 3.43. The van der Waals surface area contributed by atoms with Crippen LogP contribution in [0.15, 0.2) is 243 Å². The van der Waals surface area contributed by atoms with Crippen LogP contribution in [0.5, 0.6) is 0 Å². The summed E-state index contributed by atoms with van der Waals surface area (Å²) >= 11 is 0. The van der Waals surface area contributed by atoms with Gasteiger partial charge in [-0.1, -0.05) is 194 Å². The Hall–Kier alpha value is -9.38. The summed E-state index contributed by atoms with van der Waals surface area (Å²) in [4.78, 5) is 21.2. The topological polar surface area (TPSA) is 51.6 Å². The first-order valence-electron chi connectivity index (χ1n) is 23.8. The molecule has 0 fully saturated rings. The van der Waals surface area contributed by atoms with Crippen LogP contribution >= 0.6 is 0 Å². The van der Waals surface area contributed by atoms with Crippen molar-refractivity contribution in [2.75, 3.05) is 0 Å². The maximum absolute atomic E-state index is 5.58. The van der Waals surface area contributed by atoms with Crippen molar-refractivity contribution in [3.8, 4) is 67.2 Å². The van der Waals surface area contributed by atoms with Crippen LogP contribution in [-0.4, -0.2) is 19.9 Å². The van der Waals surface area contributed by atoms with E-state index in [0.29, 0.717) is 5.82 Å². The summed E-state index contributed by atoms with van der Waals surface area (Å²) in [5, 5.41) is 10.3. The van der Waals surface area contributed by atoms with Gasteiger partial charge in [0.05, 0.1) is 33.3 Å². The van der Waals surface area contributed by atoms with Gasteiger partial charge in [-0.3, -0.25) is 0 Å². The minimum Gasteiger partial charge on any atom is -0.248 e. The second-order valence-corrected chi connectivity index (χ2v) is 18.1. The van der Waals surface area contributed by atoms with E-state index in [-0.39, 0.29) is 0 Å². The SMILES string of the molecule is c1ccc2cc(-c3cc(-c4ccc5ccccc5c4)c4nc(-c5ccc(-c6c7ccccc7nc7ccccc67)cc5)nc(-c5ccc(-c6c7ccccc7nc7ccccc67)cc5)c4c3)ccc2c1. The third-order valence-corrected chi connectivity index (χ3v) is 14.0. The Morgan fingerprint density at radius 3 is 1.14 bits per heavy atom. The van der Waals surface area contributed by atoms with Crippen LogP contribution in [0.1, 0.15) is 0 Å². The lowest BCUT2D eigenvalue weighted by Gasteiger charge is -2.17. The van der Waals surface area contributed by atoms with Gasteiger partial charge in [-0.15, -0.1) is 0 Å². The molecule has 4 nitrogen and oxygen atoms in total. The Bertz CT molecular complexity index is 4300.